The fraction of sp³-hybridized carbons (Fsp3) is 1.00. The van der Waals surface area contributed by atoms with Crippen molar-refractivity contribution in [3.05, 3.63) is 0 Å². The van der Waals surface area contributed by atoms with Crippen molar-refractivity contribution in [1.82, 2.24) is 10.6 Å². The van der Waals surface area contributed by atoms with Crippen molar-refractivity contribution in [3.8, 4) is 0 Å². The maximum Gasteiger partial charge on any atom is 0.00389 e. The van der Waals surface area contributed by atoms with Gasteiger partial charge in [0.05, 0.1) is 0 Å². The number of rotatable bonds is 8. The summed E-state index contributed by atoms with van der Waals surface area (Å²) in [6.45, 7) is 10.6. The molecule has 1 rings (SSSR count). The first-order chi connectivity index (χ1) is 8.22. The van der Waals surface area contributed by atoms with Crippen molar-refractivity contribution in [2.75, 3.05) is 19.6 Å². The Morgan fingerprint density at radius 3 is 2.71 bits per heavy atom. The molecule has 0 aliphatic carbocycles. The minimum absolute atomic E-state index is 0.525. The van der Waals surface area contributed by atoms with E-state index >= 15 is 0 Å². The van der Waals surface area contributed by atoms with E-state index in [1.165, 1.54) is 64.6 Å². The van der Waals surface area contributed by atoms with Crippen LogP contribution in [0.15, 0.2) is 0 Å². The van der Waals surface area contributed by atoms with Crippen molar-refractivity contribution in [3.63, 3.8) is 0 Å². The molecule has 0 spiro atoms. The Labute approximate surface area is 108 Å². The lowest BCUT2D eigenvalue weighted by Crippen LogP contribution is -2.47. The van der Waals surface area contributed by atoms with Gasteiger partial charge in [-0.15, -0.1) is 0 Å². The molecule has 0 aromatic heterocycles. The summed E-state index contributed by atoms with van der Waals surface area (Å²) in [6, 6.07) is 0.687. The number of hydrogen-bond donors (Lipinski definition) is 2. The lowest BCUT2D eigenvalue weighted by molar-refractivity contribution is 0.185. The van der Waals surface area contributed by atoms with E-state index in [4.69, 9.17) is 0 Å². The Morgan fingerprint density at radius 1 is 1.29 bits per heavy atom. The zero-order chi connectivity index (χ0) is 12.6. The van der Waals surface area contributed by atoms with Crippen LogP contribution in [0.2, 0.25) is 0 Å². The van der Waals surface area contributed by atoms with Gasteiger partial charge >= 0.3 is 0 Å². The molecule has 0 radical (unpaired) electrons. The van der Waals surface area contributed by atoms with E-state index in [1.807, 2.05) is 0 Å². The minimum Gasteiger partial charge on any atom is -0.316 e. The molecule has 2 atom stereocenters. The van der Waals surface area contributed by atoms with Crippen LogP contribution >= 0.6 is 0 Å². The first kappa shape index (κ1) is 15.0. The van der Waals surface area contributed by atoms with Crippen molar-refractivity contribution >= 4 is 0 Å². The lowest BCUT2D eigenvalue weighted by Gasteiger charge is -2.38. The van der Waals surface area contributed by atoms with E-state index in [0.29, 0.717) is 11.5 Å². The number of unbranched alkanes of at least 4 members (excludes halogenated alkanes) is 2. The molecule has 2 nitrogen and oxygen atoms in total. The predicted octanol–water partition coefficient (Wildman–Crippen LogP) is 3.32. The molecule has 0 saturated carbocycles. The highest BCUT2D eigenvalue weighted by Crippen LogP contribution is 2.29. The van der Waals surface area contributed by atoms with E-state index < -0.39 is 0 Å². The third kappa shape index (κ3) is 5.39. The average Bonchev–Trinajstić information content (AvgIpc) is 2.38. The molecule has 1 fully saturated rings. The van der Waals surface area contributed by atoms with Crippen molar-refractivity contribution in [1.29, 1.82) is 0 Å². The van der Waals surface area contributed by atoms with Crippen LogP contribution in [0.5, 0.6) is 0 Å². The third-order valence-corrected chi connectivity index (χ3v) is 4.38. The molecule has 1 heterocycles. The van der Waals surface area contributed by atoms with Crippen molar-refractivity contribution < 1.29 is 0 Å². The highest BCUT2D eigenvalue weighted by Gasteiger charge is 2.29. The molecule has 2 heteroatoms. The number of nitrogens with one attached hydrogen (secondary N) is 2. The standard InChI is InChI=1S/C15H32N2/c1-4-6-7-9-14(3)17-13-15(5-2)10-8-11-16-12-15/h14,16-17H,4-13H2,1-3H3. The van der Waals surface area contributed by atoms with Gasteiger partial charge in [0.25, 0.3) is 0 Å². The zero-order valence-electron chi connectivity index (χ0n) is 12.1. The second kappa shape index (κ2) is 8.10. The van der Waals surface area contributed by atoms with Crippen LogP contribution in [0.3, 0.4) is 0 Å². The zero-order valence-corrected chi connectivity index (χ0v) is 12.1. The predicted molar refractivity (Wildman–Crippen MR) is 76.4 cm³/mol. The van der Waals surface area contributed by atoms with Gasteiger partial charge in [-0.05, 0) is 44.6 Å². The summed E-state index contributed by atoms with van der Waals surface area (Å²) < 4.78 is 0. The highest BCUT2D eigenvalue weighted by atomic mass is 15.0. The maximum atomic E-state index is 3.76. The second-order valence-corrected chi connectivity index (χ2v) is 5.91. The van der Waals surface area contributed by atoms with E-state index in [-0.39, 0.29) is 0 Å². The Balaban J connectivity index is 2.21. The number of piperidine rings is 1. The third-order valence-electron chi connectivity index (χ3n) is 4.38. The van der Waals surface area contributed by atoms with Gasteiger partial charge in [-0.25, -0.2) is 0 Å². The van der Waals surface area contributed by atoms with Gasteiger partial charge in [-0.3, -0.25) is 0 Å². The van der Waals surface area contributed by atoms with Crippen LogP contribution in [-0.4, -0.2) is 25.7 Å². The van der Waals surface area contributed by atoms with Crippen LogP contribution in [0.4, 0.5) is 0 Å². The molecular formula is C15H32N2. The molecule has 2 unspecified atom stereocenters. The topological polar surface area (TPSA) is 24.1 Å². The fourth-order valence-electron chi connectivity index (χ4n) is 2.80. The Hall–Kier alpha value is -0.0800. The van der Waals surface area contributed by atoms with Crippen LogP contribution in [-0.2, 0) is 0 Å². The Kier molecular flexibility index (Phi) is 7.14. The van der Waals surface area contributed by atoms with E-state index in [0.717, 1.165) is 0 Å². The van der Waals surface area contributed by atoms with E-state index in [2.05, 4.69) is 31.4 Å². The van der Waals surface area contributed by atoms with Gasteiger partial charge in [-0.2, -0.15) is 0 Å². The van der Waals surface area contributed by atoms with Crippen LogP contribution < -0.4 is 10.6 Å². The first-order valence-corrected chi connectivity index (χ1v) is 7.66. The highest BCUT2D eigenvalue weighted by molar-refractivity contribution is 4.87. The molecule has 0 bridgehead atoms. The first-order valence-electron chi connectivity index (χ1n) is 7.66. The summed E-state index contributed by atoms with van der Waals surface area (Å²) in [7, 11) is 0. The fourth-order valence-corrected chi connectivity index (χ4v) is 2.80. The normalized spacial score (nSPS) is 27.0. The summed E-state index contributed by atoms with van der Waals surface area (Å²) in [5.74, 6) is 0. The largest absolute Gasteiger partial charge is 0.316 e. The second-order valence-electron chi connectivity index (χ2n) is 5.91. The van der Waals surface area contributed by atoms with E-state index in [9.17, 15) is 0 Å². The van der Waals surface area contributed by atoms with Crippen LogP contribution in [0, 0.1) is 5.41 Å². The summed E-state index contributed by atoms with van der Waals surface area (Å²) in [4.78, 5) is 0. The smallest absolute Gasteiger partial charge is 0.00389 e. The van der Waals surface area contributed by atoms with Crippen LogP contribution in [0.25, 0.3) is 0 Å². The molecule has 0 aromatic rings. The van der Waals surface area contributed by atoms with E-state index in [1.54, 1.807) is 0 Å². The maximum absolute atomic E-state index is 3.76. The Morgan fingerprint density at radius 2 is 2.12 bits per heavy atom. The molecule has 102 valence electrons. The summed E-state index contributed by atoms with van der Waals surface area (Å²) in [6.07, 6.45) is 9.46. The van der Waals surface area contributed by atoms with Gasteiger partial charge in [-0.1, -0.05) is 33.1 Å². The molecule has 17 heavy (non-hydrogen) atoms. The summed E-state index contributed by atoms with van der Waals surface area (Å²) >= 11 is 0. The van der Waals surface area contributed by atoms with Gasteiger partial charge in [0.15, 0.2) is 0 Å². The molecule has 1 aliphatic rings. The van der Waals surface area contributed by atoms with Gasteiger partial charge < -0.3 is 10.6 Å². The number of hydrogen-bond acceptors (Lipinski definition) is 2. The molecule has 0 amide bonds. The van der Waals surface area contributed by atoms with Crippen LogP contribution in [0.1, 0.15) is 65.7 Å². The SMILES string of the molecule is CCCCCC(C)NCC1(CC)CCCNC1. The van der Waals surface area contributed by atoms with Gasteiger partial charge in [0.2, 0.25) is 0 Å². The molecule has 1 saturated heterocycles. The molecule has 0 aromatic carbocycles. The average molecular weight is 240 g/mol. The lowest BCUT2D eigenvalue weighted by atomic mass is 9.78. The molecular weight excluding hydrogens is 208 g/mol. The van der Waals surface area contributed by atoms with Gasteiger partial charge in [0, 0.05) is 19.1 Å². The molecule has 2 N–H and O–H groups in total. The minimum atomic E-state index is 0.525. The Bertz CT molecular complexity index is 185. The van der Waals surface area contributed by atoms with Gasteiger partial charge in [0.1, 0.15) is 0 Å². The van der Waals surface area contributed by atoms with Crippen molar-refractivity contribution in [2.45, 2.75) is 71.8 Å². The monoisotopic (exact) mass is 240 g/mol. The summed E-state index contributed by atoms with van der Waals surface area (Å²) in [5.41, 5.74) is 0.525. The van der Waals surface area contributed by atoms with Crippen molar-refractivity contribution in [2.24, 2.45) is 5.41 Å². The quantitative estimate of drug-likeness (QED) is 0.636. The molecule has 1 aliphatic heterocycles. The summed E-state index contributed by atoms with van der Waals surface area (Å²) in [5, 5.41) is 7.33.